The van der Waals surface area contributed by atoms with Crippen LogP contribution < -0.4 is 34.9 Å². The van der Waals surface area contributed by atoms with Gasteiger partial charge in [0.15, 0.2) is 0 Å². The first-order valence-electron chi connectivity index (χ1n) is 2.36. The van der Waals surface area contributed by atoms with E-state index in [0.29, 0.717) is 0 Å². The van der Waals surface area contributed by atoms with E-state index in [1.165, 1.54) is 0 Å². The monoisotopic (exact) mass is 193 g/mol. The molecule has 0 aromatic heterocycles. The summed E-state index contributed by atoms with van der Waals surface area (Å²) in [5, 5.41) is 2.57. The van der Waals surface area contributed by atoms with Crippen molar-refractivity contribution in [2.45, 2.75) is 6.42 Å². The fourth-order valence-corrected chi connectivity index (χ4v) is 0.227. The van der Waals surface area contributed by atoms with Gasteiger partial charge in [-0.3, -0.25) is 13.9 Å². The Morgan fingerprint density at radius 3 is 1.64 bits per heavy atom. The van der Waals surface area contributed by atoms with E-state index in [2.05, 4.69) is 5.32 Å². The molecule has 0 radical (unpaired) electrons. The van der Waals surface area contributed by atoms with Crippen LogP contribution in [0, 0.1) is 0 Å². The molecule has 1 heterocycles. The van der Waals surface area contributed by atoms with E-state index >= 15 is 0 Å². The Labute approximate surface area is 87.7 Å². The summed E-state index contributed by atoms with van der Waals surface area (Å²) in [5.74, 6) is 0.185. The van der Waals surface area contributed by atoms with Gasteiger partial charge in [-0.1, -0.05) is 0 Å². The minimum Gasteiger partial charge on any atom is -1.00 e. The van der Waals surface area contributed by atoms with Gasteiger partial charge in [0.2, 0.25) is 5.91 Å². The first-order chi connectivity index (χ1) is 4.39. The third-order valence-electron chi connectivity index (χ3n) is 0.674. The Kier molecular flexibility index (Phi) is 7.48. The maximum absolute atomic E-state index is 9.79. The van der Waals surface area contributed by atoms with Crippen molar-refractivity contribution in [3.63, 3.8) is 0 Å². The predicted octanol–water partition coefficient (Wildman–Crippen LogP) is -4.03. The molecule has 0 aromatic rings. The van der Waals surface area contributed by atoms with Gasteiger partial charge in [-0.05, 0) is 0 Å². The van der Waals surface area contributed by atoms with E-state index in [0.717, 1.165) is 13.0 Å². The second-order valence-electron chi connectivity index (χ2n) is 1.55. The molecule has 6 nitrogen and oxygen atoms in total. The molecule has 1 amide bonds. The topological polar surface area (TPSA) is 104 Å². The smallest absolute Gasteiger partial charge is 1.00 e. The van der Waals surface area contributed by atoms with Gasteiger partial charge in [-0.25, -0.2) is 0 Å². The molecular formula is C3H8NNaO5S. The Bertz CT molecular complexity index is 203. The average molecular weight is 193 g/mol. The van der Waals surface area contributed by atoms with Crippen LogP contribution in [0.25, 0.3) is 0 Å². The van der Waals surface area contributed by atoms with Gasteiger partial charge in [-0.15, -0.1) is 0 Å². The van der Waals surface area contributed by atoms with E-state index in [-0.39, 0.29) is 36.9 Å². The molecular weight excluding hydrogens is 185 g/mol. The van der Waals surface area contributed by atoms with Crippen molar-refractivity contribution >= 4 is 16.3 Å². The SMILES string of the molecule is O=C1CCN1.O=S(=O)(O)O.[H-].[Na+]. The average Bonchev–Trinajstić information content (AvgIpc) is 1.56. The van der Waals surface area contributed by atoms with Crippen molar-refractivity contribution in [1.29, 1.82) is 0 Å². The molecule has 1 fully saturated rings. The van der Waals surface area contributed by atoms with Gasteiger partial charge in [0.1, 0.15) is 0 Å². The molecule has 1 saturated heterocycles. The van der Waals surface area contributed by atoms with Crippen LogP contribution in [0.15, 0.2) is 0 Å². The molecule has 0 unspecified atom stereocenters. The van der Waals surface area contributed by atoms with Crippen LogP contribution >= 0.6 is 0 Å². The normalized spacial score (nSPS) is 14.5. The van der Waals surface area contributed by atoms with Crippen LogP contribution in [0.2, 0.25) is 0 Å². The fourth-order valence-electron chi connectivity index (χ4n) is 0.227. The third kappa shape index (κ3) is 17.9. The second-order valence-corrected chi connectivity index (χ2v) is 2.44. The van der Waals surface area contributed by atoms with Crippen LogP contribution in [0.5, 0.6) is 0 Å². The van der Waals surface area contributed by atoms with Crippen LogP contribution in [-0.2, 0) is 15.2 Å². The van der Waals surface area contributed by atoms with E-state index in [1.54, 1.807) is 0 Å². The summed E-state index contributed by atoms with van der Waals surface area (Å²) in [4.78, 5) is 9.79. The Morgan fingerprint density at radius 1 is 1.45 bits per heavy atom. The van der Waals surface area contributed by atoms with Crippen LogP contribution in [0.3, 0.4) is 0 Å². The van der Waals surface area contributed by atoms with E-state index in [1.807, 2.05) is 0 Å². The van der Waals surface area contributed by atoms with Crippen LogP contribution in [-0.4, -0.2) is 30.0 Å². The zero-order chi connectivity index (χ0) is 8.20. The van der Waals surface area contributed by atoms with Gasteiger partial charge >= 0.3 is 40.0 Å². The number of rotatable bonds is 0. The maximum atomic E-state index is 9.79. The largest absolute Gasteiger partial charge is 1.00 e. The van der Waals surface area contributed by atoms with Gasteiger partial charge in [0, 0.05) is 13.0 Å². The summed E-state index contributed by atoms with van der Waals surface area (Å²) >= 11 is 0. The third-order valence-corrected chi connectivity index (χ3v) is 0.674. The molecule has 1 rings (SSSR count). The molecule has 11 heavy (non-hydrogen) atoms. The minimum absolute atomic E-state index is 0. The molecule has 3 N–H and O–H groups in total. The summed E-state index contributed by atoms with van der Waals surface area (Å²) in [6.45, 7) is 0.888. The zero-order valence-corrected chi connectivity index (χ0v) is 8.76. The molecule has 1 aliphatic rings. The summed E-state index contributed by atoms with van der Waals surface area (Å²) in [5.41, 5.74) is 0. The van der Waals surface area contributed by atoms with Crippen LogP contribution in [0.1, 0.15) is 7.85 Å². The number of carbonyl (C=O) groups is 1. The summed E-state index contributed by atoms with van der Waals surface area (Å²) < 4.78 is 31.6. The van der Waals surface area contributed by atoms with Crippen molar-refractivity contribution in [3.8, 4) is 0 Å². The van der Waals surface area contributed by atoms with Gasteiger partial charge in [-0.2, -0.15) is 8.42 Å². The minimum atomic E-state index is -4.67. The van der Waals surface area contributed by atoms with E-state index < -0.39 is 10.4 Å². The molecule has 8 heteroatoms. The molecule has 0 bridgehead atoms. The molecule has 0 aliphatic carbocycles. The van der Waals surface area contributed by atoms with Crippen molar-refractivity contribution in [2.24, 2.45) is 0 Å². The molecule has 0 saturated carbocycles. The number of hydrogen-bond acceptors (Lipinski definition) is 3. The number of β-lactam (4-membered cyclic amide) rings is 1. The van der Waals surface area contributed by atoms with Crippen molar-refractivity contribution in [3.05, 3.63) is 0 Å². The second kappa shape index (κ2) is 5.92. The summed E-state index contributed by atoms with van der Waals surface area (Å²) in [6, 6.07) is 0. The van der Waals surface area contributed by atoms with Crippen molar-refractivity contribution in [1.82, 2.24) is 5.32 Å². The predicted molar refractivity (Wildman–Crippen MR) is 32.9 cm³/mol. The number of amides is 1. The fraction of sp³-hybridized carbons (Fsp3) is 0.667. The van der Waals surface area contributed by atoms with E-state index in [4.69, 9.17) is 17.5 Å². The van der Waals surface area contributed by atoms with E-state index in [9.17, 15) is 4.79 Å². The first kappa shape index (κ1) is 13.9. The number of nitrogens with one attached hydrogen (secondary N) is 1. The van der Waals surface area contributed by atoms with Gasteiger partial charge in [0.25, 0.3) is 0 Å². The maximum Gasteiger partial charge on any atom is 1.00 e. The molecule has 62 valence electrons. The summed E-state index contributed by atoms with van der Waals surface area (Å²) in [7, 11) is -4.67. The van der Waals surface area contributed by atoms with Crippen molar-refractivity contribution in [2.75, 3.05) is 6.54 Å². The molecule has 0 atom stereocenters. The van der Waals surface area contributed by atoms with Crippen molar-refractivity contribution < 1.29 is 53.3 Å². The zero-order valence-electron chi connectivity index (χ0n) is 6.94. The number of hydrogen-bond donors (Lipinski definition) is 3. The summed E-state index contributed by atoms with van der Waals surface area (Å²) in [6.07, 6.45) is 0.736. The Balaban J connectivity index is -0.000000116. The Hall–Kier alpha value is 0.340. The quantitative estimate of drug-likeness (QED) is 0.206. The van der Waals surface area contributed by atoms with Crippen LogP contribution in [0.4, 0.5) is 0 Å². The first-order valence-corrected chi connectivity index (χ1v) is 3.76. The molecule has 1 aliphatic heterocycles. The van der Waals surface area contributed by atoms with Gasteiger partial charge < -0.3 is 6.74 Å². The molecule has 0 aromatic carbocycles. The van der Waals surface area contributed by atoms with Gasteiger partial charge in [0.05, 0.1) is 0 Å². The standard InChI is InChI=1S/C3H5NO.Na.H2O4S.H/c5-3-1-2-4-3;;1-5(2,3)4;/h1-2H2,(H,4,5);;(H2,1,2,3,4);/q;+1;;-1. The molecule has 0 spiro atoms. The Morgan fingerprint density at radius 2 is 1.64 bits per heavy atom. The number of carbonyl (C=O) groups excluding carboxylic acids is 1.